The van der Waals surface area contributed by atoms with Gasteiger partial charge in [0.2, 0.25) is 0 Å². The molecular formula is C15H24N4O2S. The predicted molar refractivity (Wildman–Crippen MR) is 87.6 cm³/mol. The van der Waals surface area contributed by atoms with Crippen LogP contribution in [-0.4, -0.2) is 61.3 Å². The fourth-order valence-corrected chi connectivity index (χ4v) is 3.73. The van der Waals surface area contributed by atoms with Crippen LogP contribution in [0.5, 0.6) is 0 Å². The number of anilines is 1. The molecule has 0 aliphatic carbocycles. The van der Waals surface area contributed by atoms with E-state index < -0.39 is 0 Å². The van der Waals surface area contributed by atoms with E-state index in [0.29, 0.717) is 6.54 Å². The lowest BCUT2D eigenvalue weighted by Crippen LogP contribution is -2.53. The number of carbonyl (C=O) groups is 1. The number of aryl methyl sites for hydroxylation is 1. The SMILES string of the molecule is Cc1csc(N2CCN(C(=O)NCC3CCCCO3)CC2)n1. The minimum atomic E-state index is 0.0316. The number of hydrogen-bond donors (Lipinski definition) is 1. The average molecular weight is 324 g/mol. The van der Waals surface area contributed by atoms with Crippen LogP contribution >= 0.6 is 11.3 Å². The summed E-state index contributed by atoms with van der Waals surface area (Å²) in [5.74, 6) is 0. The molecule has 2 fully saturated rings. The Balaban J connectivity index is 1.41. The molecule has 2 aliphatic heterocycles. The smallest absolute Gasteiger partial charge is 0.317 e. The lowest BCUT2D eigenvalue weighted by Gasteiger charge is -2.35. The van der Waals surface area contributed by atoms with Crippen LogP contribution in [0.1, 0.15) is 25.0 Å². The van der Waals surface area contributed by atoms with Gasteiger partial charge in [-0.05, 0) is 26.2 Å². The van der Waals surface area contributed by atoms with Crippen molar-refractivity contribution in [3.63, 3.8) is 0 Å². The van der Waals surface area contributed by atoms with E-state index in [4.69, 9.17) is 4.74 Å². The van der Waals surface area contributed by atoms with Crippen LogP contribution in [0.3, 0.4) is 0 Å². The number of hydrogen-bond acceptors (Lipinski definition) is 5. The highest BCUT2D eigenvalue weighted by molar-refractivity contribution is 7.13. The van der Waals surface area contributed by atoms with Crippen LogP contribution in [0.4, 0.5) is 9.93 Å². The molecule has 2 saturated heterocycles. The van der Waals surface area contributed by atoms with E-state index in [1.807, 2.05) is 11.8 Å². The molecule has 1 N–H and O–H groups in total. The maximum atomic E-state index is 12.2. The van der Waals surface area contributed by atoms with Crippen LogP contribution in [0.15, 0.2) is 5.38 Å². The number of rotatable bonds is 3. The molecule has 122 valence electrons. The first kappa shape index (κ1) is 15.6. The number of piperazine rings is 1. The van der Waals surface area contributed by atoms with Gasteiger partial charge in [-0.3, -0.25) is 0 Å². The first-order valence-electron chi connectivity index (χ1n) is 8.04. The second-order valence-corrected chi connectivity index (χ2v) is 6.76. The normalized spacial score (nSPS) is 22.7. The van der Waals surface area contributed by atoms with Gasteiger partial charge < -0.3 is 19.9 Å². The highest BCUT2D eigenvalue weighted by Crippen LogP contribution is 2.21. The van der Waals surface area contributed by atoms with Gasteiger partial charge in [-0.1, -0.05) is 0 Å². The van der Waals surface area contributed by atoms with Crippen molar-refractivity contribution in [1.82, 2.24) is 15.2 Å². The monoisotopic (exact) mass is 324 g/mol. The lowest BCUT2D eigenvalue weighted by atomic mass is 10.1. The topological polar surface area (TPSA) is 57.7 Å². The number of ether oxygens (including phenoxy) is 1. The fourth-order valence-electron chi connectivity index (χ4n) is 2.87. The summed E-state index contributed by atoms with van der Waals surface area (Å²) in [4.78, 5) is 20.9. The molecule has 2 aliphatic rings. The number of aromatic nitrogens is 1. The minimum Gasteiger partial charge on any atom is -0.376 e. The summed E-state index contributed by atoms with van der Waals surface area (Å²) in [6.07, 6.45) is 3.59. The first-order valence-corrected chi connectivity index (χ1v) is 8.92. The van der Waals surface area contributed by atoms with Crippen molar-refractivity contribution in [3.05, 3.63) is 11.1 Å². The molecule has 3 rings (SSSR count). The van der Waals surface area contributed by atoms with Crippen LogP contribution < -0.4 is 10.2 Å². The number of amides is 2. The van der Waals surface area contributed by atoms with Gasteiger partial charge in [0.25, 0.3) is 0 Å². The Hall–Kier alpha value is -1.34. The van der Waals surface area contributed by atoms with Crippen molar-refractivity contribution in [2.75, 3.05) is 44.2 Å². The van der Waals surface area contributed by atoms with Crippen molar-refractivity contribution < 1.29 is 9.53 Å². The van der Waals surface area contributed by atoms with E-state index >= 15 is 0 Å². The van der Waals surface area contributed by atoms with Gasteiger partial charge in [0, 0.05) is 44.7 Å². The average Bonchev–Trinajstić information content (AvgIpc) is 3.00. The zero-order valence-corrected chi connectivity index (χ0v) is 13.9. The predicted octanol–water partition coefficient (Wildman–Crippen LogP) is 1.85. The molecule has 7 heteroatoms. The third kappa shape index (κ3) is 3.89. The summed E-state index contributed by atoms with van der Waals surface area (Å²) in [5.41, 5.74) is 1.06. The van der Waals surface area contributed by atoms with Gasteiger partial charge in [-0.25, -0.2) is 9.78 Å². The number of carbonyl (C=O) groups excluding carboxylic acids is 1. The largest absolute Gasteiger partial charge is 0.376 e. The molecule has 22 heavy (non-hydrogen) atoms. The summed E-state index contributed by atoms with van der Waals surface area (Å²) in [7, 11) is 0. The summed E-state index contributed by atoms with van der Waals surface area (Å²) in [6, 6.07) is 0.0316. The molecule has 0 saturated carbocycles. The van der Waals surface area contributed by atoms with Gasteiger partial charge in [0.05, 0.1) is 11.8 Å². The van der Waals surface area contributed by atoms with Crippen LogP contribution in [-0.2, 0) is 4.74 Å². The number of thiazole rings is 1. The van der Waals surface area contributed by atoms with Gasteiger partial charge in [-0.2, -0.15) is 0 Å². The minimum absolute atomic E-state index is 0.0316. The Labute approximate surface area is 135 Å². The zero-order valence-electron chi connectivity index (χ0n) is 13.1. The van der Waals surface area contributed by atoms with Crippen molar-refractivity contribution >= 4 is 22.5 Å². The van der Waals surface area contributed by atoms with E-state index in [1.165, 1.54) is 6.42 Å². The Bertz CT molecular complexity index is 493. The quantitative estimate of drug-likeness (QED) is 0.922. The first-order chi connectivity index (χ1) is 10.7. The standard InChI is InChI=1S/C15H24N4O2S/c1-12-11-22-15(17-12)19-7-5-18(6-8-19)14(20)16-10-13-4-2-3-9-21-13/h11,13H,2-10H2,1H3,(H,16,20). The summed E-state index contributed by atoms with van der Waals surface area (Å²) in [5, 5.41) is 6.14. The Kier molecular flexibility index (Phi) is 5.15. The molecular weight excluding hydrogens is 300 g/mol. The summed E-state index contributed by atoms with van der Waals surface area (Å²) < 4.78 is 5.64. The molecule has 1 unspecified atom stereocenters. The van der Waals surface area contributed by atoms with Gasteiger partial charge in [-0.15, -0.1) is 11.3 Å². The highest BCUT2D eigenvalue weighted by Gasteiger charge is 2.23. The molecule has 1 aromatic heterocycles. The molecule has 3 heterocycles. The molecule has 0 spiro atoms. The third-order valence-electron chi connectivity index (χ3n) is 4.20. The van der Waals surface area contributed by atoms with Crippen molar-refractivity contribution in [2.45, 2.75) is 32.3 Å². The van der Waals surface area contributed by atoms with Crippen molar-refractivity contribution in [1.29, 1.82) is 0 Å². The zero-order chi connectivity index (χ0) is 15.4. The van der Waals surface area contributed by atoms with E-state index in [9.17, 15) is 4.79 Å². The van der Waals surface area contributed by atoms with Crippen LogP contribution in [0.2, 0.25) is 0 Å². The van der Waals surface area contributed by atoms with Gasteiger partial charge in [0.15, 0.2) is 5.13 Å². The van der Waals surface area contributed by atoms with Gasteiger partial charge >= 0.3 is 6.03 Å². The number of urea groups is 1. The Morgan fingerprint density at radius 2 is 2.23 bits per heavy atom. The molecule has 1 aromatic rings. The van der Waals surface area contributed by atoms with Gasteiger partial charge in [0.1, 0.15) is 0 Å². The summed E-state index contributed by atoms with van der Waals surface area (Å²) in [6.45, 7) is 6.65. The fraction of sp³-hybridized carbons (Fsp3) is 0.733. The molecule has 2 amide bonds. The Morgan fingerprint density at radius 3 is 2.86 bits per heavy atom. The van der Waals surface area contributed by atoms with E-state index in [0.717, 1.165) is 56.5 Å². The molecule has 0 bridgehead atoms. The maximum Gasteiger partial charge on any atom is 0.317 e. The van der Waals surface area contributed by atoms with Crippen LogP contribution in [0, 0.1) is 6.92 Å². The maximum absolute atomic E-state index is 12.2. The molecule has 0 aromatic carbocycles. The molecule has 6 nitrogen and oxygen atoms in total. The number of nitrogens with zero attached hydrogens (tertiary/aromatic N) is 3. The van der Waals surface area contributed by atoms with E-state index in [2.05, 4.69) is 20.6 Å². The van der Waals surface area contributed by atoms with E-state index in [-0.39, 0.29) is 12.1 Å². The third-order valence-corrected chi connectivity index (χ3v) is 5.22. The van der Waals surface area contributed by atoms with Crippen molar-refractivity contribution in [3.8, 4) is 0 Å². The number of nitrogens with one attached hydrogen (secondary N) is 1. The second kappa shape index (κ2) is 7.28. The lowest BCUT2D eigenvalue weighted by molar-refractivity contribution is 0.0177. The Morgan fingerprint density at radius 1 is 1.41 bits per heavy atom. The summed E-state index contributed by atoms with van der Waals surface area (Å²) >= 11 is 1.67. The molecule has 0 radical (unpaired) electrons. The van der Waals surface area contributed by atoms with Crippen LogP contribution in [0.25, 0.3) is 0 Å². The second-order valence-electron chi connectivity index (χ2n) is 5.92. The molecule has 1 atom stereocenters. The highest BCUT2D eigenvalue weighted by atomic mass is 32.1. The van der Waals surface area contributed by atoms with E-state index in [1.54, 1.807) is 11.3 Å². The van der Waals surface area contributed by atoms with Crippen molar-refractivity contribution in [2.24, 2.45) is 0 Å².